The number of hydrogen-bond acceptors (Lipinski definition) is 9. The molecule has 2 aromatic rings. The molecule has 0 aliphatic heterocycles. The van der Waals surface area contributed by atoms with Crippen LogP contribution in [0.25, 0.3) is 0 Å². The number of benzene rings is 2. The van der Waals surface area contributed by atoms with Gasteiger partial charge in [-0.2, -0.15) is 0 Å². The van der Waals surface area contributed by atoms with E-state index in [1.165, 1.54) is 25.2 Å². The number of alkyl halides is 1. The van der Waals surface area contributed by atoms with Crippen LogP contribution in [0.3, 0.4) is 0 Å². The fraction of sp³-hybridized carbons (Fsp3) is 0.500. The van der Waals surface area contributed by atoms with Gasteiger partial charge in [-0.3, -0.25) is 0 Å². The van der Waals surface area contributed by atoms with Crippen LogP contribution in [-0.2, 0) is 37.5 Å². The first-order valence-electron chi connectivity index (χ1n) is 11.3. The predicted molar refractivity (Wildman–Crippen MR) is 142 cm³/mol. The van der Waals surface area contributed by atoms with Crippen LogP contribution >= 0.6 is 11.6 Å². The minimum atomic E-state index is -4.17. The maximum Gasteiger partial charge on any atom is 1.00 e. The Morgan fingerprint density at radius 3 is 1.43 bits per heavy atom. The van der Waals surface area contributed by atoms with Crippen molar-refractivity contribution in [2.75, 3.05) is 44.4 Å². The van der Waals surface area contributed by atoms with Crippen LogP contribution in [0.15, 0.2) is 60.7 Å². The molecule has 13 heteroatoms. The molecule has 1 N–H and O–H groups in total. The number of halogens is 1. The molecule has 0 bridgehead atoms. The molecule has 0 spiro atoms. The number of rotatable bonds is 11. The zero-order valence-electron chi connectivity index (χ0n) is 22.1. The van der Waals surface area contributed by atoms with Crippen molar-refractivity contribution in [1.29, 1.82) is 0 Å². The summed E-state index contributed by atoms with van der Waals surface area (Å²) < 4.78 is 64.2. The topological polar surface area (TPSA) is 147 Å². The molecule has 2 rings (SSSR count). The maximum atomic E-state index is 10.2. The molecule has 0 saturated heterocycles. The van der Waals surface area contributed by atoms with Gasteiger partial charge in [0.15, 0.2) is 0 Å². The Hall–Kier alpha value is -0.570. The van der Waals surface area contributed by atoms with Crippen molar-refractivity contribution in [2.24, 2.45) is 0 Å². The van der Waals surface area contributed by atoms with Crippen molar-refractivity contribution in [2.45, 2.75) is 33.3 Å². The van der Waals surface area contributed by atoms with Gasteiger partial charge in [0, 0.05) is 5.88 Å². The average molecular weight is 591 g/mol. The smallest absolute Gasteiger partial charge is 0.748 e. The van der Waals surface area contributed by atoms with E-state index in [0.717, 1.165) is 5.56 Å². The second-order valence-corrected chi connectivity index (χ2v) is 10.3. The molecule has 0 fully saturated rings. The van der Waals surface area contributed by atoms with Gasteiger partial charge in [0.25, 0.3) is 0 Å². The first kappa shape index (κ1) is 40.9. The molecule has 0 aromatic heterocycles. The summed E-state index contributed by atoms with van der Waals surface area (Å²) in [5.41, 5.74) is 2.13. The Balaban J connectivity index is -0.000000437. The largest absolute Gasteiger partial charge is 1.00 e. The second kappa shape index (κ2) is 25.7. The molecule has 0 radical (unpaired) electrons. The van der Waals surface area contributed by atoms with E-state index in [1.54, 1.807) is 0 Å². The molecule has 208 valence electrons. The minimum Gasteiger partial charge on any atom is -0.748 e. The van der Waals surface area contributed by atoms with Crippen LogP contribution in [0.5, 0.6) is 0 Å². The zero-order chi connectivity index (χ0) is 27.9. The third kappa shape index (κ3) is 31.5. The van der Waals surface area contributed by atoms with E-state index in [-0.39, 0.29) is 36.2 Å². The molecule has 37 heavy (non-hydrogen) atoms. The van der Waals surface area contributed by atoms with E-state index in [0.29, 0.717) is 12.5 Å². The Morgan fingerprint density at radius 2 is 1.19 bits per heavy atom. The Kier molecular flexibility index (Phi) is 28.4. The molecule has 0 atom stereocenters. The standard InChI is InChI=1S/C9H12O4S.C7H7Cl.C6H15N.C2H6O4S.Na/c10-14(11,12)7-6-13-8-9-4-2-1-3-5-9;8-6-7-4-2-1-3-5-7;1-4-7(5-2)6-3;3-1-2-7(4,5)6;/h1-5H,6-8H2,(H,10,11,12);1-5H,6H2;4-6H2,1-3H3;3H,1-2H2,(H,4,5,6);/q;;;;+1/p-2. The molecular weight excluding hydrogens is 553 g/mol. The van der Waals surface area contributed by atoms with Crippen molar-refractivity contribution in [3.8, 4) is 0 Å². The molecular formula is C24H38ClNNaO8S2-. The summed E-state index contributed by atoms with van der Waals surface area (Å²) in [7, 11) is -8.33. The van der Waals surface area contributed by atoms with E-state index in [4.69, 9.17) is 21.4 Å². The summed E-state index contributed by atoms with van der Waals surface area (Å²) >= 11 is 5.53. The summed E-state index contributed by atoms with van der Waals surface area (Å²) in [4.78, 5) is 2.38. The minimum absolute atomic E-state index is 0. The fourth-order valence-electron chi connectivity index (χ4n) is 2.27. The monoisotopic (exact) mass is 590 g/mol. The van der Waals surface area contributed by atoms with E-state index >= 15 is 0 Å². The van der Waals surface area contributed by atoms with Gasteiger partial charge in [0.1, 0.15) is 0 Å². The molecule has 0 aliphatic rings. The van der Waals surface area contributed by atoms with Gasteiger partial charge in [-0.05, 0) is 30.8 Å². The van der Waals surface area contributed by atoms with Crippen molar-refractivity contribution >= 4 is 31.8 Å². The van der Waals surface area contributed by atoms with Crippen LogP contribution in [0.1, 0.15) is 31.9 Å². The van der Waals surface area contributed by atoms with Gasteiger partial charge >= 0.3 is 29.6 Å². The molecule has 9 nitrogen and oxygen atoms in total. The molecule has 0 unspecified atom stereocenters. The molecule has 2 aromatic carbocycles. The van der Waals surface area contributed by atoms with Crippen LogP contribution in [0.4, 0.5) is 0 Å². The Bertz CT molecular complexity index is 957. The number of aliphatic hydroxyl groups excluding tert-OH is 1. The third-order valence-electron chi connectivity index (χ3n) is 4.27. The van der Waals surface area contributed by atoms with Crippen molar-refractivity contribution in [3.63, 3.8) is 0 Å². The quantitative estimate of drug-likeness (QED) is 0.166. The first-order valence-corrected chi connectivity index (χ1v) is 15.0. The number of aliphatic hydroxyl groups is 1. The summed E-state index contributed by atoms with van der Waals surface area (Å²) in [5.74, 6) is -0.548. The predicted octanol–water partition coefficient (Wildman–Crippen LogP) is 0.0498. The summed E-state index contributed by atoms with van der Waals surface area (Å²) in [6, 6.07) is 19.3. The number of hydrogen-bond donors (Lipinski definition) is 1. The van der Waals surface area contributed by atoms with Crippen LogP contribution < -0.4 is 29.6 Å². The zero-order valence-corrected chi connectivity index (χ0v) is 26.5. The molecule has 0 amide bonds. The van der Waals surface area contributed by atoms with Gasteiger partial charge in [-0.1, -0.05) is 81.4 Å². The second-order valence-electron chi connectivity index (χ2n) is 7.02. The normalized spacial score (nSPS) is 10.5. The fourth-order valence-corrected chi connectivity index (χ4v) is 3.00. The van der Waals surface area contributed by atoms with Crippen molar-refractivity contribution in [3.05, 3.63) is 71.8 Å². The van der Waals surface area contributed by atoms with E-state index in [9.17, 15) is 25.9 Å². The molecule has 0 saturated carbocycles. The SMILES string of the molecule is CCN(CC)CC.ClCc1ccccc1.O=S(=O)([O-])CCO.O=S(=O)([O-])CCOCc1ccccc1.[Na+]. The Morgan fingerprint density at radius 1 is 0.784 bits per heavy atom. The molecule has 0 heterocycles. The summed E-state index contributed by atoms with van der Waals surface area (Å²) in [6.07, 6.45) is 0. The summed E-state index contributed by atoms with van der Waals surface area (Å²) in [5, 5.41) is 7.82. The number of nitrogens with zero attached hydrogens (tertiary/aromatic N) is 1. The van der Waals surface area contributed by atoms with Crippen LogP contribution in [0, 0.1) is 0 Å². The average Bonchev–Trinajstić information content (AvgIpc) is 2.84. The van der Waals surface area contributed by atoms with Gasteiger partial charge in [0.2, 0.25) is 0 Å². The van der Waals surface area contributed by atoms with Crippen LogP contribution in [0.2, 0.25) is 0 Å². The van der Waals surface area contributed by atoms with Crippen molar-refractivity contribution in [1.82, 2.24) is 4.90 Å². The van der Waals surface area contributed by atoms with Gasteiger partial charge < -0.3 is 23.8 Å². The Labute approximate surface area is 250 Å². The summed E-state index contributed by atoms with van der Waals surface area (Å²) in [6.45, 7) is 9.81. The maximum absolute atomic E-state index is 10.2. The van der Waals surface area contributed by atoms with Gasteiger partial charge in [-0.25, -0.2) is 16.8 Å². The first-order chi connectivity index (χ1) is 16.9. The third-order valence-corrected chi connectivity index (χ3v) is 5.93. The van der Waals surface area contributed by atoms with E-state index in [1.807, 2.05) is 60.7 Å². The van der Waals surface area contributed by atoms with Gasteiger partial charge in [0.05, 0.1) is 51.6 Å². The van der Waals surface area contributed by atoms with E-state index < -0.39 is 38.3 Å². The van der Waals surface area contributed by atoms with Gasteiger partial charge in [-0.15, -0.1) is 11.6 Å². The van der Waals surface area contributed by atoms with Crippen LogP contribution in [-0.4, -0.2) is 80.3 Å². The van der Waals surface area contributed by atoms with E-state index in [2.05, 4.69) is 25.7 Å². The number of ether oxygens (including phenoxy) is 1. The molecule has 0 aliphatic carbocycles. The van der Waals surface area contributed by atoms with Crippen molar-refractivity contribution < 1.29 is 65.3 Å².